The Bertz CT molecular complexity index is 844. The van der Waals surface area contributed by atoms with Gasteiger partial charge in [-0.1, -0.05) is 13.8 Å². The Kier molecular flexibility index (Phi) is 7.34. The zero-order valence-corrected chi connectivity index (χ0v) is 17.0. The fourth-order valence-corrected chi connectivity index (χ4v) is 2.41. The third-order valence-corrected chi connectivity index (χ3v) is 3.98. The van der Waals surface area contributed by atoms with E-state index in [2.05, 4.69) is 16.0 Å². The number of amides is 2. The van der Waals surface area contributed by atoms with Crippen molar-refractivity contribution in [1.29, 1.82) is 0 Å². The molecule has 0 saturated heterocycles. The molecule has 0 aromatic heterocycles. The minimum Gasteiger partial charge on any atom is -0.497 e. The van der Waals surface area contributed by atoms with Crippen molar-refractivity contribution in [3.05, 3.63) is 48.0 Å². The van der Waals surface area contributed by atoms with Gasteiger partial charge in [0.1, 0.15) is 11.5 Å². The second kappa shape index (κ2) is 9.70. The zero-order valence-electron chi connectivity index (χ0n) is 16.2. The quantitative estimate of drug-likeness (QED) is 0.643. The highest BCUT2D eigenvalue weighted by Gasteiger charge is 2.12. The van der Waals surface area contributed by atoms with Crippen molar-refractivity contribution in [2.24, 2.45) is 5.92 Å². The van der Waals surface area contributed by atoms with Crippen LogP contribution < -0.4 is 25.4 Å². The molecule has 28 heavy (non-hydrogen) atoms. The molecular formula is C20H23N3O4S. The third-order valence-electron chi connectivity index (χ3n) is 3.78. The summed E-state index contributed by atoms with van der Waals surface area (Å²) in [6, 6.07) is 11.9. The maximum atomic E-state index is 12.4. The first-order chi connectivity index (χ1) is 13.3. The summed E-state index contributed by atoms with van der Waals surface area (Å²) in [6.45, 7) is 3.65. The topological polar surface area (TPSA) is 88.7 Å². The third kappa shape index (κ3) is 5.95. The average molecular weight is 401 g/mol. The summed E-state index contributed by atoms with van der Waals surface area (Å²) in [5.41, 5.74) is 1.71. The number of thiocarbonyl (C=S) groups is 1. The van der Waals surface area contributed by atoms with E-state index in [1.54, 1.807) is 42.5 Å². The second-order valence-electron chi connectivity index (χ2n) is 6.23. The van der Waals surface area contributed by atoms with Crippen molar-refractivity contribution in [2.45, 2.75) is 13.8 Å². The van der Waals surface area contributed by atoms with Gasteiger partial charge in [0, 0.05) is 28.9 Å². The van der Waals surface area contributed by atoms with E-state index in [0.717, 1.165) is 0 Å². The van der Waals surface area contributed by atoms with E-state index in [9.17, 15) is 9.59 Å². The van der Waals surface area contributed by atoms with E-state index in [-0.39, 0.29) is 16.9 Å². The second-order valence-corrected chi connectivity index (χ2v) is 6.64. The minimum atomic E-state index is -0.393. The average Bonchev–Trinajstić information content (AvgIpc) is 2.68. The molecule has 0 aliphatic rings. The van der Waals surface area contributed by atoms with Gasteiger partial charge in [-0.2, -0.15) is 0 Å². The van der Waals surface area contributed by atoms with Gasteiger partial charge >= 0.3 is 0 Å². The summed E-state index contributed by atoms with van der Waals surface area (Å²) in [4.78, 5) is 24.1. The highest BCUT2D eigenvalue weighted by Crippen LogP contribution is 2.22. The van der Waals surface area contributed by atoms with Crippen molar-refractivity contribution in [3.63, 3.8) is 0 Å². The van der Waals surface area contributed by atoms with Crippen LogP contribution >= 0.6 is 12.2 Å². The van der Waals surface area contributed by atoms with E-state index >= 15 is 0 Å². The lowest BCUT2D eigenvalue weighted by atomic mass is 10.2. The van der Waals surface area contributed by atoms with Crippen LogP contribution in [0.5, 0.6) is 11.5 Å². The molecule has 0 fully saturated rings. The summed E-state index contributed by atoms with van der Waals surface area (Å²) in [6.07, 6.45) is 0. The molecule has 0 radical (unpaired) electrons. The van der Waals surface area contributed by atoms with Crippen molar-refractivity contribution in [1.82, 2.24) is 5.32 Å². The number of ether oxygens (including phenoxy) is 2. The van der Waals surface area contributed by atoms with Gasteiger partial charge < -0.3 is 20.1 Å². The maximum absolute atomic E-state index is 12.4. The predicted molar refractivity (Wildman–Crippen MR) is 113 cm³/mol. The van der Waals surface area contributed by atoms with Gasteiger partial charge in [-0.15, -0.1) is 0 Å². The highest BCUT2D eigenvalue weighted by atomic mass is 32.1. The number of benzene rings is 2. The zero-order chi connectivity index (χ0) is 20.7. The van der Waals surface area contributed by atoms with Crippen LogP contribution in [0.25, 0.3) is 0 Å². The van der Waals surface area contributed by atoms with Crippen LogP contribution in [0.2, 0.25) is 0 Å². The standard InChI is InChI=1S/C20H23N3O4S/c1-12(2)18(24)21-14-5-7-15(8-6-14)22-20(28)23-19(25)13-9-16(26-3)11-17(10-13)27-4/h5-12H,1-4H3,(H,21,24)(H2,22,23,25,28). The molecule has 2 aromatic carbocycles. The summed E-state index contributed by atoms with van der Waals surface area (Å²) in [7, 11) is 3.02. The Morgan fingerprint density at radius 3 is 1.86 bits per heavy atom. The Morgan fingerprint density at radius 1 is 0.893 bits per heavy atom. The molecule has 148 valence electrons. The summed E-state index contributed by atoms with van der Waals surface area (Å²) < 4.78 is 10.3. The van der Waals surface area contributed by atoms with E-state index in [1.807, 2.05) is 13.8 Å². The fourth-order valence-electron chi connectivity index (χ4n) is 2.20. The van der Waals surface area contributed by atoms with Crippen LogP contribution in [0, 0.1) is 5.92 Å². The molecule has 0 aliphatic heterocycles. The van der Waals surface area contributed by atoms with Crippen LogP contribution in [0.1, 0.15) is 24.2 Å². The first kappa shape index (κ1) is 21.2. The van der Waals surface area contributed by atoms with E-state index in [1.165, 1.54) is 14.2 Å². The largest absolute Gasteiger partial charge is 0.497 e. The number of carbonyl (C=O) groups excluding carboxylic acids is 2. The van der Waals surface area contributed by atoms with E-state index in [0.29, 0.717) is 28.4 Å². The van der Waals surface area contributed by atoms with Gasteiger partial charge in [-0.3, -0.25) is 14.9 Å². The molecule has 2 rings (SSSR count). The number of nitrogens with one attached hydrogen (secondary N) is 3. The smallest absolute Gasteiger partial charge is 0.257 e. The first-order valence-corrected chi connectivity index (χ1v) is 8.99. The molecule has 0 heterocycles. The SMILES string of the molecule is COc1cc(OC)cc(C(=O)NC(=S)Nc2ccc(NC(=O)C(C)C)cc2)c1. The molecular weight excluding hydrogens is 378 g/mol. The van der Waals surface area contributed by atoms with Gasteiger partial charge in [-0.05, 0) is 48.6 Å². The lowest BCUT2D eigenvalue weighted by Crippen LogP contribution is -2.34. The highest BCUT2D eigenvalue weighted by molar-refractivity contribution is 7.80. The molecule has 7 nitrogen and oxygen atoms in total. The lowest BCUT2D eigenvalue weighted by molar-refractivity contribution is -0.118. The number of rotatable bonds is 6. The molecule has 0 unspecified atom stereocenters. The fraction of sp³-hybridized carbons (Fsp3) is 0.250. The van der Waals surface area contributed by atoms with Gasteiger partial charge in [0.25, 0.3) is 5.91 Å². The minimum absolute atomic E-state index is 0.0581. The van der Waals surface area contributed by atoms with Crippen LogP contribution in [-0.4, -0.2) is 31.1 Å². The molecule has 3 N–H and O–H groups in total. The van der Waals surface area contributed by atoms with E-state index < -0.39 is 5.91 Å². The number of carbonyl (C=O) groups is 2. The van der Waals surface area contributed by atoms with Crippen molar-refractivity contribution >= 4 is 40.5 Å². The van der Waals surface area contributed by atoms with Crippen molar-refractivity contribution in [2.75, 3.05) is 24.9 Å². The van der Waals surface area contributed by atoms with Gasteiger partial charge in [0.15, 0.2) is 5.11 Å². The Morgan fingerprint density at radius 2 is 1.39 bits per heavy atom. The molecule has 0 saturated carbocycles. The van der Waals surface area contributed by atoms with Crippen LogP contribution in [0.3, 0.4) is 0 Å². The Hall–Kier alpha value is -3.13. The number of anilines is 2. The van der Waals surface area contributed by atoms with Crippen LogP contribution in [0.15, 0.2) is 42.5 Å². The van der Waals surface area contributed by atoms with Crippen LogP contribution in [-0.2, 0) is 4.79 Å². The number of hydrogen-bond donors (Lipinski definition) is 3. The Balaban J connectivity index is 1.98. The molecule has 0 atom stereocenters. The molecule has 0 spiro atoms. The molecule has 0 aliphatic carbocycles. The van der Waals surface area contributed by atoms with Crippen molar-refractivity contribution < 1.29 is 19.1 Å². The summed E-state index contributed by atoms with van der Waals surface area (Å²) in [5, 5.41) is 8.49. The first-order valence-electron chi connectivity index (χ1n) is 8.58. The van der Waals surface area contributed by atoms with Gasteiger partial charge in [0.2, 0.25) is 5.91 Å². The van der Waals surface area contributed by atoms with E-state index in [4.69, 9.17) is 21.7 Å². The van der Waals surface area contributed by atoms with Gasteiger partial charge in [0.05, 0.1) is 14.2 Å². The predicted octanol–water partition coefficient (Wildman–Crippen LogP) is 3.43. The molecule has 2 aromatic rings. The maximum Gasteiger partial charge on any atom is 0.257 e. The monoisotopic (exact) mass is 401 g/mol. The van der Waals surface area contributed by atoms with Crippen molar-refractivity contribution in [3.8, 4) is 11.5 Å². The molecule has 8 heteroatoms. The number of methoxy groups -OCH3 is 2. The molecule has 0 bridgehead atoms. The summed E-state index contributed by atoms with van der Waals surface area (Å²) >= 11 is 5.20. The summed E-state index contributed by atoms with van der Waals surface area (Å²) in [5.74, 6) is 0.452. The van der Waals surface area contributed by atoms with Crippen LogP contribution in [0.4, 0.5) is 11.4 Å². The normalized spacial score (nSPS) is 10.2. The lowest BCUT2D eigenvalue weighted by Gasteiger charge is -2.12. The number of hydrogen-bond acceptors (Lipinski definition) is 5. The van der Waals surface area contributed by atoms with Gasteiger partial charge in [-0.25, -0.2) is 0 Å². The molecule has 2 amide bonds. The Labute approximate surface area is 169 Å².